The lowest BCUT2D eigenvalue weighted by molar-refractivity contribution is -0.137. The van der Waals surface area contributed by atoms with Gasteiger partial charge in [0.1, 0.15) is 23.8 Å². The number of para-hydroxylation sites is 1. The first-order chi connectivity index (χ1) is 14.1. The molecule has 1 aliphatic heterocycles. The Morgan fingerprint density at radius 1 is 1.23 bits per heavy atom. The van der Waals surface area contributed by atoms with Crippen LogP contribution in [0.4, 0.5) is 14.5 Å². The molecule has 30 heavy (non-hydrogen) atoms. The number of nitrogens with two attached hydrogens (primary N) is 1. The zero-order chi connectivity index (χ0) is 22.4. The molecule has 162 valence electrons. The van der Waals surface area contributed by atoms with Crippen LogP contribution >= 0.6 is 0 Å². The molecule has 0 aromatic heterocycles. The molecule has 0 saturated carbocycles. The normalized spacial score (nSPS) is 17.9. The van der Waals surface area contributed by atoms with Gasteiger partial charge in [-0.05, 0) is 25.5 Å². The number of primary amides is 1. The van der Waals surface area contributed by atoms with E-state index in [1.54, 1.807) is 32.0 Å². The molecule has 8 nitrogen and oxygen atoms in total. The zero-order valence-electron chi connectivity index (χ0n) is 16.8. The largest absolute Gasteiger partial charge is 0.376 e. The Hall–Kier alpha value is -3.30. The average Bonchev–Trinajstić information content (AvgIpc) is 3.11. The van der Waals surface area contributed by atoms with E-state index in [2.05, 4.69) is 10.6 Å². The molecular weight excluding hydrogens is 396 g/mol. The highest BCUT2D eigenvalue weighted by atomic mass is 19.1. The van der Waals surface area contributed by atoms with E-state index < -0.39 is 41.5 Å². The van der Waals surface area contributed by atoms with E-state index in [0.29, 0.717) is 11.3 Å². The number of halogens is 2. The van der Waals surface area contributed by atoms with Crippen molar-refractivity contribution < 1.29 is 23.2 Å². The van der Waals surface area contributed by atoms with Gasteiger partial charge in [0.05, 0.1) is 19.6 Å². The molecule has 1 heterocycles. The Morgan fingerprint density at radius 2 is 1.90 bits per heavy atom. The predicted octanol–water partition coefficient (Wildman–Crippen LogP) is 1.27. The van der Waals surface area contributed by atoms with Gasteiger partial charge >= 0.3 is 0 Å². The summed E-state index contributed by atoms with van der Waals surface area (Å²) < 4.78 is 27.6. The van der Waals surface area contributed by atoms with Gasteiger partial charge in [-0.25, -0.2) is 8.78 Å². The molecule has 1 aromatic carbocycles. The molecule has 0 radical (unpaired) electrons. The van der Waals surface area contributed by atoms with Crippen molar-refractivity contribution in [1.29, 1.82) is 5.41 Å². The van der Waals surface area contributed by atoms with Crippen LogP contribution in [0.5, 0.6) is 0 Å². The Morgan fingerprint density at radius 3 is 2.53 bits per heavy atom. The first kappa shape index (κ1) is 23.0. The van der Waals surface area contributed by atoms with Gasteiger partial charge in [-0.15, -0.1) is 0 Å². The van der Waals surface area contributed by atoms with Crippen molar-refractivity contribution in [3.05, 3.63) is 41.2 Å². The number of amides is 3. The quantitative estimate of drug-likeness (QED) is 0.471. The molecule has 5 N–H and O–H groups in total. The van der Waals surface area contributed by atoms with Crippen LogP contribution < -0.4 is 16.4 Å². The number of allylic oxidation sites excluding steroid dienone is 1. The van der Waals surface area contributed by atoms with Crippen molar-refractivity contribution in [2.24, 2.45) is 5.73 Å². The Balaban J connectivity index is 2.05. The Bertz CT molecular complexity index is 883. The van der Waals surface area contributed by atoms with Crippen LogP contribution in [0.25, 0.3) is 0 Å². The summed E-state index contributed by atoms with van der Waals surface area (Å²) in [7, 11) is 0. The fourth-order valence-corrected chi connectivity index (χ4v) is 3.03. The van der Waals surface area contributed by atoms with Crippen LogP contribution in [0.15, 0.2) is 35.7 Å². The lowest BCUT2D eigenvalue weighted by atomic mass is 10.1. The maximum absolute atomic E-state index is 13.9. The summed E-state index contributed by atoms with van der Waals surface area (Å²) in [5, 5.41) is 12.9. The minimum absolute atomic E-state index is 0.170. The molecule has 1 aromatic rings. The van der Waals surface area contributed by atoms with E-state index in [1.807, 2.05) is 0 Å². The number of benzene rings is 1. The summed E-state index contributed by atoms with van der Waals surface area (Å²) in [6.07, 6.45) is -1.54. The molecule has 2 rings (SSSR count). The van der Waals surface area contributed by atoms with Crippen molar-refractivity contribution in [3.8, 4) is 0 Å². The Kier molecular flexibility index (Phi) is 7.62. The summed E-state index contributed by atoms with van der Waals surface area (Å²) in [6.45, 7) is 2.26. The number of likely N-dealkylation sites (tertiary alicyclic amines) is 1. The van der Waals surface area contributed by atoms with Gasteiger partial charge in [-0.2, -0.15) is 0 Å². The summed E-state index contributed by atoms with van der Waals surface area (Å²) in [5.74, 6) is -2.59. The van der Waals surface area contributed by atoms with E-state index in [9.17, 15) is 23.2 Å². The third-order valence-electron chi connectivity index (χ3n) is 4.71. The monoisotopic (exact) mass is 421 g/mol. The number of hydrogen-bond donors (Lipinski definition) is 4. The smallest absolute Gasteiger partial charge is 0.267 e. The van der Waals surface area contributed by atoms with Gasteiger partial charge < -0.3 is 21.3 Å². The van der Waals surface area contributed by atoms with Crippen LogP contribution in [-0.2, 0) is 14.4 Å². The molecule has 3 amide bonds. The predicted molar refractivity (Wildman–Crippen MR) is 108 cm³/mol. The first-order valence-electron chi connectivity index (χ1n) is 9.36. The van der Waals surface area contributed by atoms with Crippen LogP contribution in [0.2, 0.25) is 0 Å². The fraction of sp³-hybridized carbons (Fsp3) is 0.400. The molecule has 10 heteroatoms. The summed E-state index contributed by atoms with van der Waals surface area (Å²) in [4.78, 5) is 37.4. The fourth-order valence-electron chi connectivity index (χ4n) is 3.03. The topological polar surface area (TPSA) is 128 Å². The molecule has 0 unspecified atom stereocenters. The van der Waals surface area contributed by atoms with E-state index in [-0.39, 0.29) is 31.6 Å². The van der Waals surface area contributed by atoms with Crippen molar-refractivity contribution in [3.63, 3.8) is 0 Å². The van der Waals surface area contributed by atoms with Gasteiger partial charge in [0.2, 0.25) is 11.8 Å². The van der Waals surface area contributed by atoms with Crippen molar-refractivity contribution in [1.82, 2.24) is 10.2 Å². The molecule has 1 fully saturated rings. The SMILES string of the molecule is CC(C)=C(F)CNC(=O)[C@@H]1C[C@@H](F)CN1C(=O)CNc1ccccc1C(=N)C(N)=O. The van der Waals surface area contributed by atoms with Gasteiger partial charge in [-0.1, -0.05) is 18.2 Å². The van der Waals surface area contributed by atoms with Gasteiger partial charge in [0.25, 0.3) is 5.91 Å². The molecule has 0 spiro atoms. The third-order valence-corrected chi connectivity index (χ3v) is 4.71. The maximum Gasteiger partial charge on any atom is 0.267 e. The lowest BCUT2D eigenvalue weighted by Crippen LogP contribution is -2.48. The number of nitrogens with zero attached hydrogens (tertiary/aromatic N) is 1. The number of alkyl halides is 1. The van der Waals surface area contributed by atoms with Gasteiger partial charge in [0, 0.05) is 17.7 Å². The van der Waals surface area contributed by atoms with Crippen molar-refractivity contribution >= 4 is 29.1 Å². The average molecular weight is 421 g/mol. The zero-order valence-corrected chi connectivity index (χ0v) is 16.8. The second-order valence-electron chi connectivity index (χ2n) is 7.16. The highest BCUT2D eigenvalue weighted by Gasteiger charge is 2.39. The standard InChI is InChI=1S/C20H25F2N5O3/c1-11(2)14(22)8-26-20(30)16-7-12(21)10-27(16)17(28)9-25-15-6-4-3-5-13(15)18(23)19(24)29/h3-6,12,16,23,25H,7-10H2,1-2H3,(H2,24,29)(H,26,30)/t12-,16+/m1/s1. The van der Waals surface area contributed by atoms with Crippen LogP contribution in [0.1, 0.15) is 25.8 Å². The van der Waals surface area contributed by atoms with E-state index in [4.69, 9.17) is 11.1 Å². The molecule has 0 aliphatic carbocycles. The number of anilines is 1. The maximum atomic E-state index is 13.9. The summed E-state index contributed by atoms with van der Waals surface area (Å²) in [5.41, 5.74) is 5.69. The molecule has 2 atom stereocenters. The third kappa shape index (κ3) is 5.62. The van der Waals surface area contributed by atoms with Gasteiger partial charge in [-0.3, -0.25) is 19.8 Å². The second kappa shape index (κ2) is 9.95. The number of rotatable bonds is 8. The highest BCUT2D eigenvalue weighted by Crippen LogP contribution is 2.22. The van der Waals surface area contributed by atoms with E-state index in [1.165, 1.54) is 6.07 Å². The number of carbonyl (C=O) groups is 3. The first-order valence-corrected chi connectivity index (χ1v) is 9.36. The number of hydrogen-bond acceptors (Lipinski definition) is 5. The molecule has 1 saturated heterocycles. The molecule has 0 bridgehead atoms. The second-order valence-corrected chi connectivity index (χ2v) is 7.16. The Labute approximate surface area is 173 Å². The van der Waals surface area contributed by atoms with Gasteiger partial charge in [0.15, 0.2) is 0 Å². The molecular formula is C20H25F2N5O3. The van der Waals surface area contributed by atoms with Crippen LogP contribution in [-0.4, -0.2) is 60.2 Å². The minimum atomic E-state index is -1.37. The van der Waals surface area contributed by atoms with E-state index in [0.717, 1.165) is 4.90 Å². The lowest BCUT2D eigenvalue weighted by Gasteiger charge is -2.24. The summed E-state index contributed by atoms with van der Waals surface area (Å²) >= 11 is 0. The minimum Gasteiger partial charge on any atom is -0.376 e. The van der Waals surface area contributed by atoms with Crippen LogP contribution in [0, 0.1) is 5.41 Å². The molecule has 1 aliphatic rings. The number of nitrogens with one attached hydrogen (secondary N) is 3. The summed E-state index contributed by atoms with van der Waals surface area (Å²) in [6, 6.07) is 5.28. The van der Waals surface area contributed by atoms with E-state index >= 15 is 0 Å². The van der Waals surface area contributed by atoms with Crippen LogP contribution in [0.3, 0.4) is 0 Å². The van der Waals surface area contributed by atoms with Crippen molar-refractivity contribution in [2.75, 3.05) is 25.0 Å². The number of carbonyl (C=O) groups excluding carboxylic acids is 3. The van der Waals surface area contributed by atoms with Crippen molar-refractivity contribution in [2.45, 2.75) is 32.5 Å². The highest BCUT2D eigenvalue weighted by molar-refractivity contribution is 6.44.